The van der Waals surface area contributed by atoms with E-state index in [1.807, 2.05) is 20.9 Å². The van der Waals surface area contributed by atoms with Crippen molar-refractivity contribution in [2.75, 3.05) is 25.5 Å². The van der Waals surface area contributed by atoms with Crippen LogP contribution in [0.2, 0.25) is 0 Å². The molecule has 1 atom stereocenters. The van der Waals surface area contributed by atoms with Gasteiger partial charge in [-0.25, -0.2) is 18.1 Å². The molecule has 0 amide bonds. The second-order valence-corrected chi connectivity index (χ2v) is 7.27. The van der Waals surface area contributed by atoms with E-state index in [0.29, 0.717) is 24.9 Å². The van der Waals surface area contributed by atoms with Crippen molar-refractivity contribution in [3.63, 3.8) is 0 Å². The Morgan fingerprint density at radius 1 is 1.48 bits per heavy atom. The SMILES string of the molecule is CCNc1cc(S(=O)(=O)NCC(C)N(C)C2CC2)ccn1. The minimum Gasteiger partial charge on any atom is -0.370 e. The highest BCUT2D eigenvalue weighted by Gasteiger charge is 2.29. The molecule has 118 valence electrons. The van der Waals surface area contributed by atoms with Gasteiger partial charge >= 0.3 is 0 Å². The maximum Gasteiger partial charge on any atom is 0.240 e. The Bertz CT molecular complexity index is 572. The number of pyridine rings is 1. The molecular weight excluding hydrogens is 288 g/mol. The van der Waals surface area contributed by atoms with Gasteiger partial charge in [-0.2, -0.15) is 0 Å². The van der Waals surface area contributed by atoms with Crippen LogP contribution < -0.4 is 10.0 Å². The molecule has 0 aliphatic heterocycles. The van der Waals surface area contributed by atoms with Crippen molar-refractivity contribution in [1.29, 1.82) is 0 Å². The Hall–Kier alpha value is -1.18. The number of hydrogen-bond donors (Lipinski definition) is 2. The van der Waals surface area contributed by atoms with Gasteiger partial charge in [0.25, 0.3) is 0 Å². The number of hydrogen-bond acceptors (Lipinski definition) is 5. The summed E-state index contributed by atoms with van der Waals surface area (Å²) in [6.45, 7) is 5.09. The Balaban J connectivity index is 1.98. The summed E-state index contributed by atoms with van der Waals surface area (Å²) in [5.41, 5.74) is 0. The van der Waals surface area contributed by atoms with Crippen molar-refractivity contribution >= 4 is 15.8 Å². The Morgan fingerprint density at radius 2 is 2.19 bits per heavy atom. The highest BCUT2D eigenvalue weighted by atomic mass is 32.2. The molecule has 1 aromatic rings. The molecule has 2 rings (SSSR count). The molecule has 0 radical (unpaired) electrons. The van der Waals surface area contributed by atoms with Crippen LogP contribution in [0.25, 0.3) is 0 Å². The molecule has 1 unspecified atom stereocenters. The molecule has 7 heteroatoms. The number of aromatic nitrogens is 1. The van der Waals surface area contributed by atoms with E-state index < -0.39 is 10.0 Å². The van der Waals surface area contributed by atoms with Crippen LogP contribution in [0.1, 0.15) is 26.7 Å². The fourth-order valence-corrected chi connectivity index (χ4v) is 3.29. The zero-order valence-electron chi connectivity index (χ0n) is 12.8. The summed E-state index contributed by atoms with van der Waals surface area (Å²) in [5, 5.41) is 3.01. The second kappa shape index (κ2) is 6.72. The van der Waals surface area contributed by atoms with E-state index in [1.54, 1.807) is 6.07 Å². The molecule has 1 aliphatic rings. The first-order valence-corrected chi connectivity index (χ1v) is 8.84. The Labute approximate surface area is 127 Å². The first-order valence-electron chi connectivity index (χ1n) is 7.35. The summed E-state index contributed by atoms with van der Waals surface area (Å²) in [6, 6.07) is 3.87. The highest BCUT2D eigenvalue weighted by molar-refractivity contribution is 7.89. The molecule has 0 bridgehead atoms. The minimum atomic E-state index is -3.49. The second-order valence-electron chi connectivity index (χ2n) is 5.50. The predicted molar refractivity (Wildman–Crippen MR) is 83.8 cm³/mol. The van der Waals surface area contributed by atoms with Crippen LogP contribution in [0.5, 0.6) is 0 Å². The van der Waals surface area contributed by atoms with Gasteiger partial charge in [0.15, 0.2) is 0 Å². The van der Waals surface area contributed by atoms with Crippen molar-refractivity contribution in [3.05, 3.63) is 18.3 Å². The lowest BCUT2D eigenvalue weighted by molar-refractivity contribution is 0.248. The van der Waals surface area contributed by atoms with E-state index in [0.717, 1.165) is 0 Å². The third-order valence-electron chi connectivity index (χ3n) is 3.79. The van der Waals surface area contributed by atoms with Crippen LogP contribution in [0.4, 0.5) is 5.82 Å². The van der Waals surface area contributed by atoms with Gasteiger partial charge in [-0.3, -0.25) is 4.90 Å². The van der Waals surface area contributed by atoms with Gasteiger partial charge in [-0.1, -0.05) is 0 Å². The average Bonchev–Trinajstić information content (AvgIpc) is 3.29. The normalized spacial score (nSPS) is 17.0. The molecule has 2 N–H and O–H groups in total. The summed E-state index contributed by atoms with van der Waals surface area (Å²) < 4.78 is 27.3. The van der Waals surface area contributed by atoms with E-state index in [1.165, 1.54) is 25.1 Å². The van der Waals surface area contributed by atoms with Gasteiger partial charge in [-0.05, 0) is 39.8 Å². The molecule has 1 aromatic heterocycles. The molecule has 1 fully saturated rings. The van der Waals surface area contributed by atoms with Gasteiger partial charge in [-0.15, -0.1) is 0 Å². The van der Waals surface area contributed by atoms with Crippen LogP contribution in [-0.4, -0.2) is 50.5 Å². The van der Waals surface area contributed by atoms with E-state index in [-0.39, 0.29) is 10.9 Å². The summed E-state index contributed by atoms with van der Waals surface area (Å²) >= 11 is 0. The molecule has 21 heavy (non-hydrogen) atoms. The fourth-order valence-electron chi connectivity index (χ4n) is 2.16. The van der Waals surface area contributed by atoms with Crippen molar-refractivity contribution in [3.8, 4) is 0 Å². The van der Waals surface area contributed by atoms with Crippen molar-refractivity contribution in [2.45, 2.75) is 43.7 Å². The Morgan fingerprint density at radius 3 is 2.81 bits per heavy atom. The monoisotopic (exact) mass is 312 g/mol. The van der Waals surface area contributed by atoms with Crippen molar-refractivity contribution < 1.29 is 8.42 Å². The van der Waals surface area contributed by atoms with Crippen LogP contribution in [-0.2, 0) is 10.0 Å². The van der Waals surface area contributed by atoms with Gasteiger partial charge < -0.3 is 5.32 Å². The lowest BCUT2D eigenvalue weighted by Crippen LogP contribution is -2.41. The maximum atomic E-state index is 12.3. The first kappa shape index (κ1) is 16.2. The number of nitrogens with one attached hydrogen (secondary N) is 2. The molecule has 1 heterocycles. The quantitative estimate of drug-likeness (QED) is 0.756. The number of sulfonamides is 1. The van der Waals surface area contributed by atoms with Gasteiger partial charge in [0.05, 0.1) is 4.90 Å². The largest absolute Gasteiger partial charge is 0.370 e. The molecule has 0 aromatic carbocycles. The van der Waals surface area contributed by atoms with E-state index >= 15 is 0 Å². The lowest BCUT2D eigenvalue weighted by Gasteiger charge is -2.24. The third kappa shape index (κ3) is 4.39. The molecule has 1 aliphatic carbocycles. The molecule has 6 nitrogen and oxygen atoms in total. The van der Waals surface area contributed by atoms with Crippen molar-refractivity contribution in [1.82, 2.24) is 14.6 Å². The van der Waals surface area contributed by atoms with Crippen LogP contribution in [0.3, 0.4) is 0 Å². The molecular formula is C14H24N4O2S. The highest BCUT2D eigenvalue weighted by Crippen LogP contribution is 2.26. The van der Waals surface area contributed by atoms with E-state index in [2.05, 4.69) is 19.9 Å². The number of likely N-dealkylation sites (N-methyl/N-ethyl adjacent to an activating group) is 1. The van der Waals surface area contributed by atoms with E-state index in [4.69, 9.17) is 0 Å². The Kier molecular flexibility index (Phi) is 5.18. The van der Waals surface area contributed by atoms with Gasteiger partial charge in [0.1, 0.15) is 5.82 Å². The zero-order valence-corrected chi connectivity index (χ0v) is 13.7. The lowest BCUT2D eigenvalue weighted by atomic mass is 10.3. The number of nitrogens with zero attached hydrogens (tertiary/aromatic N) is 2. The van der Waals surface area contributed by atoms with Crippen LogP contribution in [0.15, 0.2) is 23.2 Å². The predicted octanol–water partition coefficient (Wildman–Crippen LogP) is 1.27. The fraction of sp³-hybridized carbons (Fsp3) is 0.643. The van der Waals surface area contributed by atoms with Gasteiger partial charge in [0.2, 0.25) is 10.0 Å². The first-order chi connectivity index (χ1) is 9.94. The topological polar surface area (TPSA) is 74.3 Å². The summed E-state index contributed by atoms with van der Waals surface area (Å²) in [6.07, 6.45) is 3.93. The standard InChI is InChI=1S/C14H24N4O2S/c1-4-15-14-9-13(7-8-16-14)21(19,20)17-10-11(2)18(3)12-5-6-12/h7-9,11-12,17H,4-6,10H2,1-3H3,(H,15,16). The van der Waals surface area contributed by atoms with Crippen LogP contribution in [0, 0.1) is 0 Å². The molecule has 1 saturated carbocycles. The van der Waals surface area contributed by atoms with Crippen molar-refractivity contribution in [2.24, 2.45) is 0 Å². The third-order valence-corrected chi connectivity index (χ3v) is 5.21. The zero-order chi connectivity index (χ0) is 15.5. The molecule has 0 spiro atoms. The number of anilines is 1. The average molecular weight is 312 g/mol. The minimum absolute atomic E-state index is 0.183. The molecule has 0 saturated heterocycles. The van der Waals surface area contributed by atoms with E-state index in [9.17, 15) is 8.42 Å². The van der Waals surface area contributed by atoms with Crippen LogP contribution >= 0.6 is 0 Å². The van der Waals surface area contributed by atoms with Gasteiger partial charge in [0, 0.05) is 37.4 Å². The summed E-state index contributed by atoms with van der Waals surface area (Å²) in [4.78, 5) is 6.57. The smallest absolute Gasteiger partial charge is 0.240 e. The number of rotatable bonds is 8. The summed E-state index contributed by atoms with van der Waals surface area (Å²) in [5.74, 6) is 0.573. The summed E-state index contributed by atoms with van der Waals surface area (Å²) in [7, 11) is -1.44. The maximum absolute atomic E-state index is 12.3.